The van der Waals surface area contributed by atoms with E-state index in [2.05, 4.69) is 15.0 Å². The van der Waals surface area contributed by atoms with Gasteiger partial charge in [-0.05, 0) is 25.5 Å². The standard InChI is InChI=1S/C13H13F3N2O2S/c1-7-4-3-5-9-10(7)17-12(21-9)18-11(19)8(2)20-6-13(14,15)16/h3-5,8H,6H2,1-2H3,(H,17,18,19). The van der Waals surface area contributed by atoms with E-state index < -0.39 is 24.8 Å². The van der Waals surface area contributed by atoms with Gasteiger partial charge in [-0.15, -0.1) is 0 Å². The summed E-state index contributed by atoms with van der Waals surface area (Å²) in [5.41, 5.74) is 1.73. The molecule has 1 N–H and O–H groups in total. The van der Waals surface area contributed by atoms with E-state index in [0.29, 0.717) is 5.13 Å². The fraction of sp³-hybridized carbons (Fsp3) is 0.385. The number of rotatable bonds is 4. The van der Waals surface area contributed by atoms with Gasteiger partial charge in [0.05, 0.1) is 10.2 Å². The Morgan fingerprint density at radius 3 is 2.81 bits per heavy atom. The maximum absolute atomic E-state index is 12.0. The molecule has 1 amide bonds. The number of ether oxygens (including phenoxy) is 1. The van der Waals surface area contributed by atoms with Crippen molar-refractivity contribution in [3.8, 4) is 0 Å². The lowest BCUT2D eigenvalue weighted by Gasteiger charge is -2.13. The third-order valence-corrected chi connectivity index (χ3v) is 3.65. The molecular formula is C13H13F3N2O2S. The second kappa shape index (κ2) is 5.98. The van der Waals surface area contributed by atoms with Crippen LogP contribution in [0.3, 0.4) is 0 Å². The Hall–Kier alpha value is -1.67. The minimum atomic E-state index is -4.46. The number of halogens is 3. The van der Waals surface area contributed by atoms with E-state index in [1.165, 1.54) is 18.3 Å². The van der Waals surface area contributed by atoms with Crippen molar-refractivity contribution in [2.75, 3.05) is 11.9 Å². The molecule has 0 radical (unpaired) electrons. The van der Waals surface area contributed by atoms with Gasteiger partial charge < -0.3 is 4.74 Å². The van der Waals surface area contributed by atoms with Crippen LogP contribution in [0, 0.1) is 6.92 Å². The zero-order valence-electron chi connectivity index (χ0n) is 11.3. The van der Waals surface area contributed by atoms with E-state index >= 15 is 0 Å². The third kappa shape index (κ3) is 4.15. The Morgan fingerprint density at radius 2 is 2.19 bits per heavy atom. The van der Waals surface area contributed by atoms with E-state index in [1.807, 2.05) is 25.1 Å². The Balaban J connectivity index is 2.02. The van der Waals surface area contributed by atoms with E-state index in [9.17, 15) is 18.0 Å². The number of carbonyl (C=O) groups is 1. The van der Waals surface area contributed by atoms with Crippen molar-refractivity contribution in [2.45, 2.75) is 26.1 Å². The fourth-order valence-corrected chi connectivity index (χ4v) is 2.59. The molecule has 8 heteroatoms. The number of aryl methyl sites for hydroxylation is 1. The van der Waals surface area contributed by atoms with Crippen molar-refractivity contribution in [1.29, 1.82) is 0 Å². The van der Waals surface area contributed by atoms with Crippen molar-refractivity contribution >= 4 is 32.6 Å². The molecule has 0 spiro atoms. The molecule has 1 aromatic heterocycles. The number of hydrogen-bond acceptors (Lipinski definition) is 4. The van der Waals surface area contributed by atoms with Crippen LogP contribution < -0.4 is 5.32 Å². The van der Waals surface area contributed by atoms with Crippen LogP contribution in [0.5, 0.6) is 0 Å². The first kappa shape index (κ1) is 15.7. The molecule has 1 unspecified atom stereocenters. The molecule has 0 aliphatic heterocycles. The Kier molecular flexibility index (Phi) is 4.48. The van der Waals surface area contributed by atoms with Crippen molar-refractivity contribution in [3.63, 3.8) is 0 Å². The quantitative estimate of drug-likeness (QED) is 0.938. The van der Waals surface area contributed by atoms with Crippen LogP contribution >= 0.6 is 11.3 Å². The SMILES string of the molecule is Cc1cccc2sc(NC(=O)C(C)OCC(F)(F)F)nc12. The Morgan fingerprint density at radius 1 is 1.48 bits per heavy atom. The van der Waals surface area contributed by atoms with Gasteiger partial charge in [-0.3, -0.25) is 10.1 Å². The summed E-state index contributed by atoms with van der Waals surface area (Å²) in [6.45, 7) is 1.70. The molecule has 2 rings (SSSR count). The first-order valence-electron chi connectivity index (χ1n) is 6.11. The van der Waals surface area contributed by atoms with Gasteiger partial charge in [0.1, 0.15) is 12.7 Å². The number of fused-ring (bicyclic) bond motifs is 1. The zero-order chi connectivity index (χ0) is 15.6. The fourth-order valence-electron chi connectivity index (χ4n) is 1.64. The predicted molar refractivity (Wildman–Crippen MR) is 74.5 cm³/mol. The number of amides is 1. The summed E-state index contributed by atoms with van der Waals surface area (Å²) in [7, 11) is 0. The topological polar surface area (TPSA) is 51.2 Å². The summed E-state index contributed by atoms with van der Waals surface area (Å²) in [5, 5.41) is 2.81. The summed E-state index contributed by atoms with van der Waals surface area (Å²) in [4.78, 5) is 16.0. The molecule has 0 aliphatic carbocycles. The van der Waals surface area contributed by atoms with Crippen molar-refractivity contribution < 1.29 is 22.7 Å². The first-order chi connectivity index (χ1) is 9.76. The lowest BCUT2D eigenvalue weighted by Crippen LogP contribution is -2.31. The van der Waals surface area contributed by atoms with Crippen LogP contribution in [0.25, 0.3) is 10.2 Å². The second-order valence-electron chi connectivity index (χ2n) is 4.50. The summed E-state index contributed by atoms with van der Waals surface area (Å²) < 4.78 is 41.4. The molecule has 0 fully saturated rings. The number of nitrogens with one attached hydrogen (secondary N) is 1. The van der Waals surface area contributed by atoms with Crippen LogP contribution in [-0.2, 0) is 9.53 Å². The zero-order valence-corrected chi connectivity index (χ0v) is 12.1. The minimum absolute atomic E-state index is 0.340. The molecule has 114 valence electrons. The maximum Gasteiger partial charge on any atom is 0.411 e. The van der Waals surface area contributed by atoms with Gasteiger partial charge in [-0.25, -0.2) is 4.98 Å². The van der Waals surface area contributed by atoms with Crippen LogP contribution in [0.15, 0.2) is 18.2 Å². The van der Waals surface area contributed by atoms with Gasteiger partial charge in [0.2, 0.25) is 0 Å². The normalized spacial score (nSPS) is 13.4. The first-order valence-corrected chi connectivity index (χ1v) is 6.93. The summed E-state index contributed by atoms with van der Waals surface area (Å²) in [6.07, 6.45) is -5.67. The number of carbonyl (C=O) groups excluding carboxylic acids is 1. The third-order valence-electron chi connectivity index (χ3n) is 2.72. The summed E-state index contributed by atoms with van der Waals surface area (Å²) in [6, 6.07) is 5.62. The average molecular weight is 318 g/mol. The van der Waals surface area contributed by atoms with Gasteiger partial charge in [0.15, 0.2) is 5.13 Å². The molecule has 1 heterocycles. The molecule has 0 bridgehead atoms. The van der Waals surface area contributed by atoms with E-state index in [0.717, 1.165) is 15.8 Å². The highest BCUT2D eigenvalue weighted by molar-refractivity contribution is 7.22. The van der Waals surface area contributed by atoms with Crippen LogP contribution in [0.4, 0.5) is 18.3 Å². The van der Waals surface area contributed by atoms with Gasteiger partial charge in [-0.2, -0.15) is 13.2 Å². The second-order valence-corrected chi connectivity index (χ2v) is 5.53. The van der Waals surface area contributed by atoms with Crippen molar-refractivity contribution in [2.24, 2.45) is 0 Å². The van der Waals surface area contributed by atoms with Gasteiger partial charge >= 0.3 is 6.18 Å². The van der Waals surface area contributed by atoms with E-state index in [1.54, 1.807) is 0 Å². The van der Waals surface area contributed by atoms with Gasteiger partial charge in [0.25, 0.3) is 5.91 Å². The lowest BCUT2D eigenvalue weighted by atomic mass is 10.2. The number of benzene rings is 1. The monoisotopic (exact) mass is 318 g/mol. The molecule has 1 atom stereocenters. The number of thiazole rings is 1. The number of anilines is 1. The highest BCUT2D eigenvalue weighted by Gasteiger charge is 2.30. The smallest absolute Gasteiger partial charge is 0.359 e. The summed E-state index contributed by atoms with van der Waals surface area (Å²) in [5.74, 6) is -0.657. The van der Waals surface area contributed by atoms with Crippen LogP contribution in [0.1, 0.15) is 12.5 Å². The Labute approximate surface area is 122 Å². The van der Waals surface area contributed by atoms with E-state index in [4.69, 9.17) is 0 Å². The number of para-hydroxylation sites is 1. The number of nitrogens with zero attached hydrogens (tertiary/aromatic N) is 1. The molecule has 1 aromatic carbocycles. The highest BCUT2D eigenvalue weighted by atomic mass is 32.1. The summed E-state index contributed by atoms with van der Waals surface area (Å²) >= 11 is 1.26. The minimum Gasteiger partial charge on any atom is -0.359 e. The van der Waals surface area contributed by atoms with Gasteiger partial charge in [0, 0.05) is 0 Å². The largest absolute Gasteiger partial charge is 0.411 e. The lowest BCUT2D eigenvalue weighted by molar-refractivity contribution is -0.184. The number of hydrogen-bond donors (Lipinski definition) is 1. The molecule has 21 heavy (non-hydrogen) atoms. The van der Waals surface area contributed by atoms with Crippen molar-refractivity contribution in [1.82, 2.24) is 4.98 Å². The van der Waals surface area contributed by atoms with E-state index in [-0.39, 0.29) is 0 Å². The molecule has 4 nitrogen and oxygen atoms in total. The number of aromatic nitrogens is 1. The maximum atomic E-state index is 12.0. The highest BCUT2D eigenvalue weighted by Crippen LogP contribution is 2.28. The molecule has 0 aliphatic rings. The van der Waals surface area contributed by atoms with Crippen LogP contribution in [-0.4, -0.2) is 29.8 Å². The van der Waals surface area contributed by atoms with Gasteiger partial charge in [-0.1, -0.05) is 23.5 Å². The van der Waals surface area contributed by atoms with Crippen molar-refractivity contribution in [3.05, 3.63) is 23.8 Å². The molecule has 2 aromatic rings. The molecule has 0 saturated carbocycles. The Bertz CT molecular complexity index is 654. The average Bonchev–Trinajstić information content (AvgIpc) is 2.79. The molecule has 0 saturated heterocycles. The number of alkyl halides is 3. The predicted octanol–water partition coefficient (Wildman–Crippen LogP) is 3.51. The van der Waals surface area contributed by atoms with Crippen LogP contribution in [0.2, 0.25) is 0 Å². The molecular weight excluding hydrogens is 305 g/mol.